The van der Waals surface area contributed by atoms with Gasteiger partial charge in [-0.3, -0.25) is 4.79 Å². The van der Waals surface area contributed by atoms with Gasteiger partial charge in [0.25, 0.3) is 0 Å². The van der Waals surface area contributed by atoms with Crippen molar-refractivity contribution >= 4 is 46.4 Å². The Morgan fingerprint density at radius 1 is 1.04 bits per heavy atom. The first-order valence-corrected chi connectivity index (χ1v) is 8.19. The lowest BCUT2D eigenvalue weighted by Gasteiger charge is -2.08. The van der Waals surface area contributed by atoms with E-state index in [-0.39, 0.29) is 12.3 Å². The highest BCUT2D eigenvalue weighted by Gasteiger charge is 2.11. The molecule has 0 saturated heterocycles. The first kappa shape index (κ1) is 16.8. The molecule has 0 aliphatic carbocycles. The van der Waals surface area contributed by atoms with Crippen molar-refractivity contribution in [2.24, 2.45) is 0 Å². The Morgan fingerprint density at radius 3 is 2.50 bits per heavy atom. The van der Waals surface area contributed by atoms with Gasteiger partial charge in [-0.05, 0) is 29.8 Å². The predicted octanol–water partition coefficient (Wildman–Crippen LogP) is 5.01. The van der Waals surface area contributed by atoms with Crippen LogP contribution in [0.25, 0.3) is 5.69 Å². The number of hydrogen-bond acceptors (Lipinski definition) is 2. The van der Waals surface area contributed by atoms with Crippen molar-refractivity contribution in [3.8, 4) is 5.69 Å². The molecule has 0 atom stereocenters. The molecule has 0 aliphatic rings. The summed E-state index contributed by atoms with van der Waals surface area (Å²) in [6.45, 7) is 0. The molecule has 0 fully saturated rings. The Kier molecular flexibility index (Phi) is 5.09. The van der Waals surface area contributed by atoms with Gasteiger partial charge >= 0.3 is 0 Å². The average molecular weight is 381 g/mol. The highest BCUT2D eigenvalue weighted by molar-refractivity contribution is 6.44. The average Bonchev–Trinajstić information content (AvgIpc) is 3.02. The van der Waals surface area contributed by atoms with Crippen LogP contribution >= 0.6 is 34.8 Å². The predicted molar refractivity (Wildman–Crippen MR) is 97.4 cm³/mol. The van der Waals surface area contributed by atoms with E-state index in [0.717, 1.165) is 11.3 Å². The van der Waals surface area contributed by atoms with Gasteiger partial charge in [-0.25, -0.2) is 4.68 Å². The monoisotopic (exact) mass is 379 g/mol. The quantitative estimate of drug-likeness (QED) is 0.646. The third-order valence-electron chi connectivity index (χ3n) is 3.31. The van der Waals surface area contributed by atoms with E-state index in [1.54, 1.807) is 10.9 Å². The van der Waals surface area contributed by atoms with E-state index in [1.807, 2.05) is 36.5 Å². The molecule has 0 bridgehead atoms. The molecule has 4 nitrogen and oxygen atoms in total. The number of nitrogens with one attached hydrogen (secondary N) is 1. The van der Waals surface area contributed by atoms with Crippen molar-refractivity contribution in [3.05, 3.63) is 75.5 Å². The fourth-order valence-electron chi connectivity index (χ4n) is 2.17. The SMILES string of the molecule is O=C(Cc1cnn(-c2ccccc2)c1)Nc1cc(Cl)c(Cl)cc1Cl. The lowest BCUT2D eigenvalue weighted by Crippen LogP contribution is -2.14. The summed E-state index contributed by atoms with van der Waals surface area (Å²) in [5.74, 6) is -0.220. The van der Waals surface area contributed by atoms with Gasteiger partial charge in [0.15, 0.2) is 0 Å². The summed E-state index contributed by atoms with van der Waals surface area (Å²) in [6.07, 6.45) is 3.64. The maximum atomic E-state index is 12.2. The summed E-state index contributed by atoms with van der Waals surface area (Å²) >= 11 is 17.9. The molecule has 2 aromatic carbocycles. The molecule has 7 heteroatoms. The molecule has 1 N–H and O–H groups in total. The minimum Gasteiger partial charge on any atom is -0.324 e. The lowest BCUT2D eigenvalue weighted by molar-refractivity contribution is -0.115. The summed E-state index contributed by atoms with van der Waals surface area (Å²) in [6, 6.07) is 12.7. The third kappa shape index (κ3) is 3.90. The van der Waals surface area contributed by atoms with Crippen molar-refractivity contribution in [3.63, 3.8) is 0 Å². The van der Waals surface area contributed by atoms with Crippen LogP contribution in [0.4, 0.5) is 5.69 Å². The molecule has 3 aromatic rings. The summed E-state index contributed by atoms with van der Waals surface area (Å²) in [5, 5.41) is 7.98. The first-order valence-electron chi connectivity index (χ1n) is 7.06. The minimum atomic E-state index is -0.220. The molecule has 0 radical (unpaired) electrons. The number of para-hydroxylation sites is 1. The highest BCUT2D eigenvalue weighted by Crippen LogP contribution is 2.32. The zero-order valence-electron chi connectivity index (χ0n) is 12.3. The van der Waals surface area contributed by atoms with Crippen LogP contribution in [0.3, 0.4) is 0 Å². The number of halogens is 3. The number of aromatic nitrogens is 2. The first-order chi connectivity index (χ1) is 11.5. The van der Waals surface area contributed by atoms with Crippen molar-refractivity contribution in [2.75, 3.05) is 5.32 Å². The van der Waals surface area contributed by atoms with Gasteiger partial charge in [-0.2, -0.15) is 5.10 Å². The molecule has 1 heterocycles. The van der Waals surface area contributed by atoms with Crippen molar-refractivity contribution < 1.29 is 4.79 Å². The standard InChI is InChI=1S/C17H12Cl3N3O/c18-13-7-15(20)16(8-14(13)19)22-17(24)6-11-9-21-23(10-11)12-4-2-1-3-5-12/h1-5,7-10H,6H2,(H,22,24). The lowest BCUT2D eigenvalue weighted by atomic mass is 10.2. The van der Waals surface area contributed by atoms with Crippen LogP contribution in [-0.2, 0) is 11.2 Å². The van der Waals surface area contributed by atoms with E-state index in [2.05, 4.69) is 10.4 Å². The Morgan fingerprint density at radius 2 is 1.75 bits per heavy atom. The van der Waals surface area contributed by atoms with Crippen LogP contribution in [0.5, 0.6) is 0 Å². The maximum Gasteiger partial charge on any atom is 0.228 e. The van der Waals surface area contributed by atoms with Gasteiger partial charge in [0.2, 0.25) is 5.91 Å². The number of carbonyl (C=O) groups excluding carboxylic acids is 1. The third-order valence-corrected chi connectivity index (χ3v) is 4.34. The molecule has 0 spiro atoms. The molecular weight excluding hydrogens is 369 g/mol. The van der Waals surface area contributed by atoms with Crippen LogP contribution in [0.2, 0.25) is 15.1 Å². The largest absolute Gasteiger partial charge is 0.324 e. The summed E-state index contributed by atoms with van der Waals surface area (Å²) in [5.41, 5.74) is 2.13. The smallest absolute Gasteiger partial charge is 0.228 e. The van der Waals surface area contributed by atoms with E-state index in [4.69, 9.17) is 34.8 Å². The number of carbonyl (C=O) groups is 1. The molecule has 24 heavy (non-hydrogen) atoms. The second-order valence-electron chi connectivity index (χ2n) is 5.10. The second-order valence-corrected chi connectivity index (χ2v) is 6.32. The molecule has 1 amide bonds. The Balaban J connectivity index is 1.70. The van der Waals surface area contributed by atoms with Gasteiger partial charge < -0.3 is 5.32 Å². The van der Waals surface area contributed by atoms with Gasteiger partial charge in [0.05, 0.1) is 39.1 Å². The van der Waals surface area contributed by atoms with E-state index in [9.17, 15) is 4.79 Å². The van der Waals surface area contributed by atoms with Gasteiger partial charge in [-0.1, -0.05) is 53.0 Å². The zero-order valence-corrected chi connectivity index (χ0v) is 14.6. The number of nitrogens with zero attached hydrogens (tertiary/aromatic N) is 2. The fourth-order valence-corrected chi connectivity index (χ4v) is 2.77. The fraction of sp³-hybridized carbons (Fsp3) is 0.0588. The van der Waals surface area contributed by atoms with Crippen LogP contribution < -0.4 is 5.32 Å². The zero-order chi connectivity index (χ0) is 17.1. The van der Waals surface area contributed by atoms with E-state index < -0.39 is 0 Å². The topological polar surface area (TPSA) is 46.9 Å². The van der Waals surface area contributed by atoms with Crippen molar-refractivity contribution in [1.29, 1.82) is 0 Å². The number of anilines is 1. The molecule has 1 aromatic heterocycles. The molecular formula is C17H12Cl3N3O. The molecule has 0 aliphatic heterocycles. The van der Waals surface area contributed by atoms with Gasteiger partial charge in [0.1, 0.15) is 0 Å². The molecule has 122 valence electrons. The number of benzene rings is 2. The van der Waals surface area contributed by atoms with Crippen LogP contribution in [0.15, 0.2) is 54.9 Å². The molecule has 3 rings (SSSR count). The van der Waals surface area contributed by atoms with Crippen molar-refractivity contribution in [2.45, 2.75) is 6.42 Å². The van der Waals surface area contributed by atoms with Gasteiger partial charge in [0, 0.05) is 6.20 Å². The van der Waals surface area contributed by atoms with Gasteiger partial charge in [-0.15, -0.1) is 0 Å². The number of hydrogen-bond donors (Lipinski definition) is 1. The second kappa shape index (κ2) is 7.26. The number of amides is 1. The van der Waals surface area contributed by atoms with Crippen LogP contribution in [0, 0.1) is 0 Å². The Labute approximate surface area is 154 Å². The molecule has 0 saturated carbocycles. The minimum absolute atomic E-state index is 0.170. The van der Waals surface area contributed by atoms with E-state index >= 15 is 0 Å². The summed E-state index contributed by atoms with van der Waals surface area (Å²) in [7, 11) is 0. The van der Waals surface area contributed by atoms with Crippen LogP contribution in [0.1, 0.15) is 5.56 Å². The van der Waals surface area contributed by atoms with Crippen LogP contribution in [-0.4, -0.2) is 15.7 Å². The maximum absolute atomic E-state index is 12.2. The van der Waals surface area contributed by atoms with E-state index in [0.29, 0.717) is 20.8 Å². The Bertz CT molecular complexity index is 878. The van der Waals surface area contributed by atoms with E-state index in [1.165, 1.54) is 12.1 Å². The Hall–Kier alpha value is -2.01. The van der Waals surface area contributed by atoms with Crippen molar-refractivity contribution in [1.82, 2.24) is 9.78 Å². The highest BCUT2D eigenvalue weighted by atomic mass is 35.5. The normalized spacial score (nSPS) is 10.6. The number of rotatable bonds is 4. The summed E-state index contributed by atoms with van der Waals surface area (Å²) < 4.78 is 1.72. The summed E-state index contributed by atoms with van der Waals surface area (Å²) in [4.78, 5) is 12.2. The molecule has 0 unspecified atom stereocenters.